The first-order valence-corrected chi connectivity index (χ1v) is 11.8. The van der Waals surface area contributed by atoms with Gasteiger partial charge in [-0.25, -0.2) is 18.0 Å². The molecule has 174 valence electrons. The molecule has 0 spiro atoms. The number of nitrogens with zero attached hydrogens (tertiary/aromatic N) is 1. The zero-order chi connectivity index (χ0) is 22.5. The van der Waals surface area contributed by atoms with Gasteiger partial charge in [0.1, 0.15) is 6.61 Å². The summed E-state index contributed by atoms with van der Waals surface area (Å²) in [5, 5.41) is 0. The van der Waals surface area contributed by atoms with E-state index in [4.69, 9.17) is 23.7 Å². The van der Waals surface area contributed by atoms with E-state index in [1.807, 2.05) is 4.90 Å². The summed E-state index contributed by atoms with van der Waals surface area (Å²) in [4.78, 5) is 25.7. The molecule has 1 aliphatic heterocycles. The Morgan fingerprint density at radius 1 is 0.871 bits per heavy atom. The number of carbonyl (C=O) groups is 2. The Kier molecular flexibility index (Phi) is 10.7. The van der Waals surface area contributed by atoms with Crippen molar-refractivity contribution in [1.29, 1.82) is 0 Å². The summed E-state index contributed by atoms with van der Waals surface area (Å²) in [6, 6.07) is 6.61. The highest BCUT2D eigenvalue weighted by molar-refractivity contribution is 7.91. The van der Waals surface area contributed by atoms with Crippen LogP contribution in [0.15, 0.2) is 24.3 Å². The van der Waals surface area contributed by atoms with Crippen LogP contribution in [0.1, 0.15) is 10.4 Å². The standard InChI is InChI=1S/C20H29NO9S/c1-26-8-9-27-10-11-28-12-13-29-19(22)16-30-20(23)17-2-4-18(5-3-17)21-6-14-31(24,25)15-7-21/h2-5H,6-16H2,1H3. The summed E-state index contributed by atoms with van der Waals surface area (Å²) in [6.07, 6.45) is 0. The molecule has 1 heterocycles. The highest BCUT2D eigenvalue weighted by Gasteiger charge is 2.22. The number of anilines is 1. The topological polar surface area (TPSA) is 118 Å². The summed E-state index contributed by atoms with van der Waals surface area (Å²) in [5.74, 6) is -1.08. The first kappa shape index (κ1) is 25.1. The lowest BCUT2D eigenvalue weighted by Crippen LogP contribution is -2.40. The molecule has 0 bridgehead atoms. The molecule has 1 aromatic carbocycles. The van der Waals surface area contributed by atoms with Gasteiger partial charge in [0.15, 0.2) is 16.4 Å². The average molecular weight is 460 g/mol. The number of benzene rings is 1. The molecule has 1 fully saturated rings. The number of hydrogen-bond acceptors (Lipinski definition) is 10. The van der Waals surface area contributed by atoms with Gasteiger partial charge in [-0.05, 0) is 24.3 Å². The molecule has 0 unspecified atom stereocenters. The fourth-order valence-corrected chi connectivity index (χ4v) is 3.91. The number of esters is 2. The van der Waals surface area contributed by atoms with E-state index < -0.39 is 28.4 Å². The van der Waals surface area contributed by atoms with Crippen molar-refractivity contribution in [1.82, 2.24) is 0 Å². The maximum absolute atomic E-state index is 12.1. The predicted molar refractivity (Wildman–Crippen MR) is 112 cm³/mol. The molecule has 0 N–H and O–H groups in total. The number of methoxy groups -OCH3 is 1. The van der Waals surface area contributed by atoms with E-state index in [1.165, 1.54) is 0 Å². The van der Waals surface area contributed by atoms with E-state index in [0.29, 0.717) is 39.5 Å². The normalized spacial score (nSPS) is 15.5. The van der Waals surface area contributed by atoms with Crippen LogP contribution in [0.25, 0.3) is 0 Å². The van der Waals surface area contributed by atoms with E-state index in [9.17, 15) is 18.0 Å². The minimum absolute atomic E-state index is 0.0503. The predicted octanol–water partition coefficient (Wildman–Crippen LogP) is 0.301. The fraction of sp³-hybridized carbons (Fsp3) is 0.600. The van der Waals surface area contributed by atoms with Gasteiger partial charge in [-0.2, -0.15) is 0 Å². The van der Waals surface area contributed by atoms with E-state index in [-0.39, 0.29) is 30.3 Å². The summed E-state index contributed by atoms with van der Waals surface area (Å²) >= 11 is 0. The van der Waals surface area contributed by atoms with Crippen LogP contribution in [0.2, 0.25) is 0 Å². The summed E-state index contributed by atoms with van der Waals surface area (Å²) < 4.78 is 48.2. The zero-order valence-electron chi connectivity index (χ0n) is 17.6. The third kappa shape index (κ3) is 9.64. The molecule has 0 amide bonds. The zero-order valence-corrected chi connectivity index (χ0v) is 18.4. The smallest absolute Gasteiger partial charge is 0.344 e. The van der Waals surface area contributed by atoms with Crippen molar-refractivity contribution in [3.8, 4) is 0 Å². The lowest BCUT2D eigenvalue weighted by atomic mass is 10.2. The minimum Gasteiger partial charge on any atom is -0.461 e. The molecule has 2 rings (SSSR count). The maximum Gasteiger partial charge on any atom is 0.344 e. The highest BCUT2D eigenvalue weighted by Crippen LogP contribution is 2.18. The van der Waals surface area contributed by atoms with Crippen molar-refractivity contribution < 1.29 is 41.7 Å². The van der Waals surface area contributed by atoms with Crippen molar-refractivity contribution >= 4 is 27.5 Å². The third-order valence-electron chi connectivity index (χ3n) is 4.43. The molecule has 31 heavy (non-hydrogen) atoms. The minimum atomic E-state index is -2.95. The van der Waals surface area contributed by atoms with E-state index in [1.54, 1.807) is 31.4 Å². The summed E-state index contributed by atoms with van der Waals surface area (Å²) in [5.41, 5.74) is 1.12. The largest absolute Gasteiger partial charge is 0.461 e. The quantitative estimate of drug-likeness (QED) is 0.301. The van der Waals surface area contributed by atoms with Gasteiger partial charge in [0, 0.05) is 25.9 Å². The Balaban J connectivity index is 1.60. The molecule has 0 aliphatic carbocycles. The fourth-order valence-electron chi connectivity index (χ4n) is 2.71. The average Bonchev–Trinajstić information content (AvgIpc) is 2.76. The molecule has 1 aliphatic rings. The van der Waals surface area contributed by atoms with Crippen LogP contribution in [0.5, 0.6) is 0 Å². The number of carbonyl (C=O) groups excluding carboxylic acids is 2. The number of hydrogen-bond donors (Lipinski definition) is 0. The SMILES string of the molecule is COCCOCCOCCOC(=O)COC(=O)c1ccc(N2CCS(=O)(=O)CC2)cc1. The lowest BCUT2D eigenvalue weighted by Gasteiger charge is -2.28. The third-order valence-corrected chi connectivity index (χ3v) is 6.04. The van der Waals surface area contributed by atoms with Crippen molar-refractivity contribution in [2.75, 3.05) is 82.9 Å². The molecule has 11 heteroatoms. The van der Waals surface area contributed by atoms with Crippen LogP contribution in [-0.4, -0.2) is 98.3 Å². The Hall–Kier alpha value is -2.21. The monoisotopic (exact) mass is 459 g/mol. The molecule has 0 atom stereocenters. The van der Waals surface area contributed by atoms with Gasteiger partial charge in [0.05, 0.1) is 50.1 Å². The molecular weight excluding hydrogens is 430 g/mol. The second-order valence-corrected chi connectivity index (χ2v) is 9.00. The summed E-state index contributed by atoms with van der Waals surface area (Å²) in [6.45, 7) is 2.41. The van der Waals surface area contributed by atoms with E-state index in [0.717, 1.165) is 5.69 Å². The molecule has 0 radical (unpaired) electrons. The number of ether oxygens (including phenoxy) is 5. The molecular formula is C20H29NO9S. The van der Waals surface area contributed by atoms with Gasteiger partial charge in [0.25, 0.3) is 0 Å². The van der Waals surface area contributed by atoms with Gasteiger partial charge in [0.2, 0.25) is 0 Å². The first-order chi connectivity index (χ1) is 14.9. The van der Waals surface area contributed by atoms with Crippen LogP contribution in [0, 0.1) is 0 Å². The van der Waals surface area contributed by atoms with Crippen LogP contribution in [-0.2, 0) is 38.3 Å². The van der Waals surface area contributed by atoms with Crippen molar-refractivity contribution in [3.05, 3.63) is 29.8 Å². The van der Waals surface area contributed by atoms with Gasteiger partial charge < -0.3 is 28.6 Å². The molecule has 1 aromatic rings. The second-order valence-electron chi connectivity index (χ2n) is 6.70. The number of sulfone groups is 1. The second kappa shape index (κ2) is 13.3. The first-order valence-electron chi connectivity index (χ1n) is 9.94. The van der Waals surface area contributed by atoms with Crippen LogP contribution >= 0.6 is 0 Å². The van der Waals surface area contributed by atoms with Crippen molar-refractivity contribution in [2.45, 2.75) is 0 Å². The molecule has 10 nitrogen and oxygen atoms in total. The Bertz CT molecular complexity index is 781. The maximum atomic E-state index is 12.1. The van der Waals surface area contributed by atoms with Gasteiger partial charge in [-0.3, -0.25) is 0 Å². The Morgan fingerprint density at radius 2 is 1.45 bits per heavy atom. The van der Waals surface area contributed by atoms with Gasteiger partial charge in [-0.15, -0.1) is 0 Å². The molecule has 0 aromatic heterocycles. The Labute approximate surface area is 182 Å². The number of rotatable bonds is 13. The van der Waals surface area contributed by atoms with Crippen LogP contribution in [0.4, 0.5) is 5.69 Å². The van der Waals surface area contributed by atoms with Gasteiger partial charge >= 0.3 is 11.9 Å². The van der Waals surface area contributed by atoms with Crippen molar-refractivity contribution in [3.63, 3.8) is 0 Å². The van der Waals surface area contributed by atoms with E-state index in [2.05, 4.69) is 0 Å². The van der Waals surface area contributed by atoms with Crippen LogP contribution in [0.3, 0.4) is 0 Å². The summed E-state index contributed by atoms with van der Waals surface area (Å²) in [7, 11) is -1.36. The Morgan fingerprint density at radius 3 is 2.06 bits per heavy atom. The molecule has 0 saturated carbocycles. The lowest BCUT2D eigenvalue weighted by molar-refractivity contribution is -0.148. The van der Waals surface area contributed by atoms with Crippen LogP contribution < -0.4 is 4.90 Å². The molecule has 1 saturated heterocycles. The van der Waals surface area contributed by atoms with Crippen molar-refractivity contribution in [2.24, 2.45) is 0 Å². The highest BCUT2D eigenvalue weighted by atomic mass is 32.2. The van der Waals surface area contributed by atoms with Gasteiger partial charge in [-0.1, -0.05) is 0 Å². The van der Waals surface area contributed by atoms with E-state index >= 15 is 0 Å².